The van der Waals surface area contributed by atoms with Gasteiger partial charge in [0.25, 0.3) is 0 Å². The van der Waals surface area contributed by atoms with E-state index < -0.39 is 0 Å². The summed E-state index contributed by atoms with van der Waals surface area (Å²) in [5, 5.41) is 1.31. The van der Waals surface area contributed by atoms with Gasteiger partial charge in [-0.05, 0) is 17.2 Å². The van der Waals surface area contributed by atoms with Crippen LogP contribution in [0.5, 0.6) is 0 Å². The normalized spacial score (nSPS) is 17.6. The lowest BCUT2D eigenvalue weighted by Crippen LogP contribution is -2.25. The van der Waals surface area contributed by atoms with Gasteiger partial charge in [-0.3, -0.25) is 0 Å². The topological polar surface area (TPSA) is 14.2 Å². The van der Waals surface area contributed by atoms with Crippen molar-refractivity contribution < 1.29 is 4.74 Å². The van der Waals surface area contributed by atoms with Crippen LogP contribution in [0.4, 0.5) is 0 Å². The summed E-state index contributed by atoms with van der Waals surface area (Å²) >= 11 is 0. The molecule has 27 heavy (non-hydrogen) atoms. The molecule has 134 valence electrons. The number of hydrogen-bond acceptors (Lipinski definition) is 1. The molecule has 0 saturated heterocycles. The van der Waals surface area contributed by atoms with E-state index in [0.717, 1.165) is 13.2 Å². The van der Waals surface area contributed by atoms with E-state index in [4.69, 9.17) is 4.74 Å². The zero-order valence-corrected chi connectivity index (χ0v) is 15.5. The Hall–Kier alpha value is -2.84. The molecule has 1 aromatic heterocycles. The van der Waals surface area contributed by atoms with Crippen LogP contribution >= 0.6 is 0 Å². The van der Waals surface area contributed by atoms with Crippen molar-refractivity contribution in [3.63, 3.8) is 0 Å². The van der Waals surface area contributed by atoms with Crippen molar-refractivity contribution in [2.75, 3.05) is 6.61 Å². The Bertz CT molecular complexity index is 1070. The van der Waals surface area contributed by atoms with Gasteiger partial charge in [0.2, 0.25) is 0 Å². The van der Waals surface area contributed by atoms with Gasteiger partial charge in [0.15, 0.2) is 0 Å². The highest BCUT2D eigenvalue weighted by Crippen LogP contribution is 2.45. The summed E-state index contributed by atoms with van der Waals surface area (Å²) in [7, 11) is 0. The van der Waals surface area contributed by atoms with Crippen LogP contribution in [-0.4, -0.2) is 11.2 Å². The molecule has 2 nitrogen and oxygen atoms in total. The molecule has 0 saturated carbocycles. The first-order chi connectivity index (χ1) is 13.3. The molecular weight excluding hydrogens is 330 g/mol. The van der Waals surface area contributed by atoms with Crippen LogP contribution in [0.15, 0.2) is 84.9 Å². The maximum absolute atomic E-state index is 6.39. The molecule has 2 heteroatoms. The van der Waals surface area contributed by atoms with Gasteiger partial charge in [0.1, 0.15) is 6.10 Å². The molecule has 0 N–H and O–H groups in total. The maximum atomic E-state index is 6.39. The second-order valence-electron chi connectivity index (χ2n) is 7.29. The molecule has 0 bridgehead atoms. The molecule has 4 aromatic rings. The number of nitrogens with zero attached hydrogens (tertiary/aromatic N) is 1. The van der Waals surface area contributed by atoms with E-state index in [2.05, 4.69) is 96.4 Å². The highest BCUT2D eigenvalue weighted by molar-refractivity contribution is 5.98. The Morgan fingerprint density at radius 2 is 1.52 bits per heavy atom. The average Bonchev–Trinajstić information content (AvgIpc) is 3.09. The van der Waals surface area contributed by atoms with Gasteiger partial charge in [-0.25, -0.2) is 0 Å². The second-order valence-corrected chi connectivity index (χ2v) is 7.29. The Kier molecular flexibility index (Phi) is 4.06. The number of ether oxygens (including phenoxy) is 1. The second kappa shape index (κ2) is 6.71. The number of hydrogen-bond donors (Lipinski definition) is 0. The third-order valence-electron chi connectivity index (χ3n) is 5.73. The van der Waals surface area contributed by atoms with Crippen molar-refractivity contribution in [1.82, 2.24) is 4.57 Å². The third-order valence-corrected chi connectivity index (χ3v) is 5.73. The summed E-state index contributed by atoms with van der Waals surface area (Å²) in [5.41, 5.74) is 6.52. The van der Waals surface area contributed by atoms with Crippen molar-refractivity contribution in [3.8, 4) is 11.1 Å². The highest BCUT2D eigenvalue weighted by Gasteiger charge is 2.32. The largest absolute Gasteiger partial charge is 0.369 e. The summed E-state index contributed by atoms with van der Waals surface area (Å²) in [6.07, 6.45) is 0.0451. The molecule has 0 aliphatic carbocycles. The standard InChI is InChI=1S/C25H23NO/c1-18(19-10-4-2-5-11-19)25-24-23(20-12-6-3-7-13-20)21-14-8-9-15-22(21)26(24)16-17-27-25/h2-15,18,25H,16-17H2,1H3/t18-,25+/m0/s1. The minimum atomic E-state index is 0.0451. The number of fused-ring (bicyclic) bond motifs is 3. The lowest BCUT2D eigenvalue weighted by Gasteiger charge is -2.32. The maximum Gasteiger partial charge on any atom is 0.105 e. The Morgan fingerprint density at radius 3 is 2.30 bits per heavy atom. The SMILES string of the molecule is C[C@@H](c1ccccc1)[C@H]1OCCn2c1c(-c1ccccc1)c1ccccc12. The van der Waals surface area contributed by atoms with Crippen LogP contribution in [0.25, 0.3) is 22.0 Å². The van der Waals surface area contributed by atoms with Crippen molar-refractivity contribution in [2.45, 2.75) is 25.5 Å². The Labute approximate surface area is 160 Å². The van der Waals surface area contributed by atoms with Crippen molar-refractivity contribution in [1.29, 1.82) is 0 Å². The Balaban J connectivity index is 1.76. The first kappa shape index (κ1) is 16.3. The lowest BCUT2D eigenvalue weighted by molar-refractivity contribution is 0.00771. The molecule has 0 amide bonds. The van der Waals surface area contributed by atoms with Crippen molar-refractivity contribution in [3.05, 3.63) is 96.2 Å². The van der Waals surface area contributed by atoms with Crippen LogP contribution < -0.4 is 0 Å². The number of para-hydroxylation sites is 1. The minimum Gasteiger partial charge on any atom is -0.369 e. The lowest BCUT2D eigenvalue weighted by atomic mass is 9.89. The molecule has 0 spiro atoms. The number of benzene rings is 3. The van der Waals surface area contributed by atoms with Gasteiger partial charge in [0, 0.05) is 28.9 Å². The number of rotatable bonds is 3. The third kappa shape index (κ3) is 2.68. The van der Waals surface area contributed by atoms with E-state index in [9.17, 15) is 0 Å². The fourth-order valence-corrected chi connectivity index (χ4v) is 4.43. The van der Waals surface area contributed by atoms with E-state index in [1.54, 1.807) is 0 Å². The van der Waals surface area contributed by atoms with Crippen molar-refractivity contribution >= 4 is 10.9 Å². The van der Waals surface area contributed by atoms with Crippen LogP contribution in [-0.2, 0) is 11.3 Å². The quantitative estimate of drug-likeness (QED) is 0.429. The molecule has 2 atom stereocenters. The first-order valence-electron chi connectivity index (χ1n) is 9.67. The van der Waals surface area contributed by atoms with Gasteiger partial charge in [-0.2, -0.15) is 0 Å². The monoisotopic (exact) mass is 353 g/mol. The average molecular weight is 353 g/mol. The Morgan fingerprint density at radius 1 is 0.852 bits per heavy atom. The van der Waals surface area contributed by atoms with Crippen LogP contribution in [0.1, 0.15) is 30.2 Å². The number of aromatic nitrogens is 1. The summed E-state index contributed by atoms with van der Waals surface area (Å²) in [5.74, 6) is 0.289. The molecule has 3 aromatic carbocycles. The summed E-state index contributed by atoms with van der Waals surface area (Å²) in [4.78, 5) is 0. The highest BCUT2D eigenvalue weighted by atomic mass is 16.5. The van der Waals surface area contributed by atoms with Gasteiger partial charge in [-0.15, -0.1) is 0 Å². The van der Waals surface area contributed by atoms with E-state index in [-0.39, 0.29) is 12.0 Å². The predicted octanol–water partition coefficient (Wildman–Crippen LogP) is 6.18. The smallest absolute Gasteiger partial charge is 0.105 e. The molecule has 5 rings (SSSR count). The summed E-state index contributed by atoms with van der Waals surface area (Å²) < 4.78 is 8.87. The fourth-order valence-electron chi connectivity index (χ4n) is 4.43. The van der Waals surface area contributed by atoms with Crippen LogP contribution in [0.2, 0.25) is 0 Å². The van der Waals surface area contributed by atoms with Gasteiger partial charge >= 0.3 is 0 Å². The summed E-state index contributed by atoms with van der Waals surface area (Å²) in [6.45, 7) is 3.94. The first-order valence-corrected chi connectivity index (χ1v) is 9.67. The predicted molar refractivity (Wildman–Crippen MR) is 111 cm³/mol. The zero-order chi connectivity index (χ0) is 18.2. The molecular formula is C25H23NO. The van der Waals surface area contributed by atoms with Crippen molar-refractivity contribution in [2.24, 2.45) is 0 Å². The van der Waals surface area contributed by atoms with Crippen LogP contribution in [0.3, 0.4) is 0 Å². The van der Waals surface area contributed by atoms with E-state index in [1.165, 1.54) is 33.3 Å². The van der Waals surface area contributed by atoms with E-state index in [0.29, 0.717) is 0 Å². The molecule has 0 radical (unpaired) electrons. The molecule has 1 aliphatic rings. The molecule has 1 aliphatic heterocycles. The van der Waals surface area contributed by atoms with Gasteiger partial charge in [0.05, 0.1) is 12.3 Å². The van der Waals surface area contributed by atoms with Gasteiger partial charge < -0.3 is 9.30 Å². The van der Waals surface area contributed by atoms with Gasteiger partial charge in [-0.1, -0.05) is 85.8 Å². The molecule has 2 heterocycles. The molecule has 0 fully saturated rings. The zero-order valence-electron chi connectivity index (χ0n) is 15.5. The minimum absolute atomic E-state index is 0.0451. The van der Waals surface area contributed by atoms with Crippen LogP contribution in [0, 0.1) is 0 Å². The summed E-state index contributed by atoms with van der Waals surface area (Å²) in [6, 6.07) is 30.2. The van der Waals surface area contributed by atoms with E-state index in [1.807, 2.05) is 0 Å². The molecule has 0 unspecified atom stereocenters. The van der Waals surface area contributed by atoms with E-state index >= 15 is 0 Å². The fraction of sp³-hybridized carbons (Fsp3) is 0.200.